The molecule has 2 aromatic heterocycles. The van der Waals surface area contributed by atoms with Crippen molar-refractivity contribution in [2.24, 2.45) is 0 Å². The number of pyridine rings is 2. The number of ether oxygens (including phenoxy) is 1. The second-order valence-electron chi connectivity index (χ2n) is 7.58. The second kappa shape index (κ2) is 9.45. The molecular weight excluding hydrogens is 435 g/mol. The van der Waals surface area contributed by atoms with Crippen molar-refractivity contribution in [1.29, 1.82) is 0 Å². The molecule has 7 nitrogen and oxygen atoms in total. The Morgan fingerprint density at radius 2 is 1.97 bits per heavy atom. The highest BCUT2D eigenvalue weighted by Gasteiger charge is 2.31. The topological polar surface area (TPSA) is 79.4 Å². The van der Waals surface area contributed by atoms with Crippen molar-refractivity contribution in [2.45, 2.75) is 18.8 Å². The zero-order valence-corrected chi connectivity index (χ0v) is 17.8. The van der Waals surface area contributed by atoms with Gasteiger partial charge in [-0.05, 0) is 49.9 Å². The lowest BCUT2D eigenvalue weighted by atomic mass is 10.1. The summed E-state index contributed by atoms with van der Waals surface area (Å²) in [6.45, 7) is 1.64. The zero-order chi connectivity index (χ0) is 23.4. The molecule has 1 amide bonds. The van der Waals surface area contributed by atoms with E-state index >= 15 is 0 Å². The van der Waals surface area contributed by atoms with E-state index in [9.17, 15) is 18.0 Å². The fourth-order valence-electron chi connectivity index (χ4n) is 3.70. The van der Waals surface area contributed by atoms with Gasteiger partial charge in [-0.2, -0.15) is 0 Å². The number of carbonyl (C=O) groups is 1. The molecule has 3 aromatic rings. The molecule has 33 heavy (non-hydrogen) atoms. The minimum absolute atomic E-state index is 0.317. The van der Waals surface area contributed by atoms with Crippen LogP contribution in [0.2, 0.25) is 0 Å². The summed E-state index contributed by atoms with van der Waals surface area (Å²) >= 11 is 0. The first-order valence-corrected chi connectivity index (χ1v) is 10.3. The number of benzene rings is 1. The van der Waals surface area contributed by atoms with Gasteiger partial charge in [-0.3, -0.25) is 9.78 Å². The third-order valence-electron chi connectivity index (χ3n) is 5.34. The molecule has 0 saturated carbocycles. The third-order valence-corrected chi connectivity index (χ3v) is 5.34. The molecule has 1 aliphatic heterocycles. The van der Waals surface area contributed by atoms with Gasteiger partial charge in [-0.25, -0.2) is 4.98 Å². The number of halogens is 3. The van der Waals surface area contributed by atoms with Crippen LogP contribution < -0.4 is 20.3 Å². The molecule has 1 unspecified atom stereocenters. The number of amides is 1. The number of alkyl halides is 3. The van der Waals surface area contributed by atoms with Gasteiger partial charge >= 0.3 is 6.36 Å². The Labute approximate surface area is 188 Å². The maximum absolute atomic E-state index is 12.8. The van der Waals surface area contributed by atoms with Crippen LogP contribution in [0.25, 0.3) is 11.1 Å². The van der Waals surface area contributed by atoms with Crippen molar-refractivity contribution in [3.8, 4) is 16.9 Å². The van der Waals surface area contributed by atoms with Crippen LogP contribution in [-0.2, 0) is 0 Å². The molecular formula is C23H22F3N5O2. The van der Waals surface area contributed by atoms with E-state index in [4.69, 9.17) is 0 Å². The molecule has 1 aromatic carbocycles. The molecule has 0 aliphatic carbocycles. The van der Waals surface area contributed by atoms with E-state index in [0.29, 0.717) is 17.3 Å². The molecule has 3 heterocycles. The summed E-state index contributed by atoms with van der Waals surface area (Å²) in [6, 6.07) is 10.8. The van der Waals surface area contributed by atoms with Crippen molar-refractivity contribution in [3.63, 3.8) is 0 Å². The normalized spacial score (nSPS) is 16.0. The molecule has 1 fully saturated rings. The first-order valence-electron chi connectivity index (χ1n) is 10.3. The molecule has 0 bridgehead atoms. The van der Waals surface area contributed by atoms with Crippen molar-refractivity contribution in [3.05, 3.63) is 66.6 Å². The monoisotopic (exact) mass is 457 g/mol. The number of likely N-dealkylation sites (N-methyl/N-ethyl adjacent to an activating group) is 1. The summed E-state index contributed by atoms with van der Waals surface area (Å²) in [4.78, 5) is 23.8. The third kappa shape index (κ3) is 5.58. The molecule has 172 valence electrons. The number of aromatic nitrogens is 2. The van der Waals surface area contributed by atoms with Crippen LogP contribution in [0, 0.1) is 0 Å². The van der Waals surface area contributed by atoms with Gasteiger partial charge in [0.1, 0.15) is 11.6 Å². The maximum Gasteiger partial charge on any atom is 0.573 e. The van der Waals surface area contributed by atoms with Crippen LogP contribution in [0.15, 0.2) is 61.1 Å². The van der Waals surface area contributed by atoms with Crippen molar-refractivity contribution >= 4 is 17.4 Å². The van der Waals surface area contributed by atoms with E-state index in [0.717, 1.165) is 48.6 Å². The highest BCUT2D eigenvalue weighted by atomic mass is 19.4. The smallest absolute Gasteiger partial charge is 0.406 e. The molecule has 4 rings (SSSR count). The Bertz CT molecular complexity index is 1110. The van der Waals surface area contributed by atoms with Crippen molar-refractivity contribution in [2.75, 3.05) is 30.4 Å². The van der Waals surface area contributed by atoms with E-state index in [1.54, 1.807) is 18.5 Å². The number of anilines is 2. The molecule has 1 saturated heterocycles. The second-order valence-corrected chi connectivity index (χ2v) is 7.58. The lowest BCUT2D eigenvalue weighted by molar-refractivity contribution is -0.274. The van der Waals surface area contributed by atoms with Gasteiger partial charge in [0.05, 0.1) is 5.56 Å². The van der Waals surface area contributed by atoms with Gasteiger partial charge in [0, 0.05) is 54.5 Å². The fraction of sp³-hybridized carbons (Fsp3) is 0.261. The largest absolute Gasteiger partial charge is 0.573 e. The number of hydrogen-bond acceptors (Lipinski definition) is 6. The number of nitrogens with zero attached hydrogens (tertiary/aromatic N) is 3. The van der Waals surface area contributed by atoms with Crippen molar-refractivity contribution < 1.29 is 22.7 Å². The fourth-order valence-corrected chi connectivity index (χ4v) is 3.70. The quantitative estimate of drug-likeness (QED) is 0.581. The molecule has 1 atom stereocenters. The van der Waals surface area contributed by atoms with Crippen LogP contribution >= 0.6 is 0 Å². The highest BCUT2D eigenvalue weighted by molar-refractivity contribution is 6.05. The summed E-state index contributed by atoms with van der Waals surface area (Å²) in [7, 11) is 1.93. The minimum atomic E-state index is -4.77. The van der Waals surface area contributed by atoms with Gasteiger partial charge in [0.25, 0.3) is 5.91 Å². The van der Waals surface area contributed by atoms with E-state index in [2.05, 4.69) is 30.2 Å². The first kappa shape index (κ1) is 22.5. The predicted octanol–water partition coefficient (Wildman–Crippen LogP) is 4.09. The van der Waals surface area contributed by atoms with Gasteiger partial charge in [0.2, 0.25) is 0 Å². The first-order chi connectivity index (χ1) is 15.8. The predicted molar refractivity (Wildman–Crippen MR) is 118 cm³/mol. The molecule has 2 N–H and O–H groups in total. The van der Waals surface area contributed by atoms with Crippen LogP contribution in [0.4, 0.5) is 24.7 Å². The average molecular weight is 457 g/mol. The number of hydrogen-bond donors (Lipinski definition) is 2. The van der Waals surface area contributed by atoms with Crippen LogP contribution in [0.3, 0.4) is 0 Å². The van der Waals surface area contributed by atoms with Gasteiger partial charge < -0.3 is 20.3 Å². The number of nitrogens with one attached hydrogen (secondary N) is 2. The zero-order valence-electron chi connectivity index (χ0n) is 17.8. The van der Waals surface area contributed by atoms with E-state index in [1.807, 2.05) is 19.2 Å². The lowest BCUT2D eigenvalue weighted by Gasteiger charge is -2.21. The highest BCUT2D eigenvalue weighted by Crippen LogP contribution is 2.32. The summed E-state index contributed by atoms with van der Waals surface area (Å²) in [5.74, 6) is -0.0278. The Morgan fingerprint density at radius 3 is 2.61 bits per heavy atom. The van der Waals surface area contributed by atoms with E-state index < -0.39 is 12.3 Å². The van der Waals surface area contributed by atoms with Gasteiger partial charge in [-0.1, -0.05) is 6.07 Å². The standard InChI is InChI=1S/C23H22F3N5O2/c1-27-18-8-10-31(14-18)21-20(15-3-2-9-28-12-15)11-16(13-29-21)22(32)30-17-4-6-19(7-5-17)33-23(24,25)26/h2-7,9,11-13,18,27H,8,10,14H2,1H3,(H,30,32). The van der Waals surface area contributed by atoms with Crippen LogP contribution in [0.1, 0.15) is 16.8 Å². The summed E-state index contributed by atoms with van der Waals surface area (Å²) in [6.07, 6.45) is 1.10. The van der Waals surface area contributed by atoms with Crippen molar-refractivity contribution in [1.82, 2.24) is 15.3 Å². The SMILES string of the molecule is CNC1CCN(c2ncc(C(=O)Nc3ccc(OC(F)(F)F)cc3)cc2-c2cccnc2)C1. The summed E-state index contributed by atoms with van der Waals surface area (Å²) in [5.41, 5.74) is 2.26. The number of rotatable bonds is 6. The number of carbonyl (C=O) groups excluding carboxylic acids is 1. The molecule has 10 heteroatoms. The Hall–Kier alpha value is -3.66. The minimum Gasteiger partial charge on any atom is -0.406 e. The summed E-state index contributed by atoms with van der Waals surface area (Å²) in [5, 5.41) is 5.96. The van der Waals surface area contributed by atoms with Crippen LogP contribution in [-0.4, -0.2) is 48.4 Å². The Balaban J connectivity index is 1.57. The van der Waals surface area contributed by atoms with Crippen LogP contribution in [0.5, 0.6) is 5.75 Å². The van der Waals surface area contributed by atoms with Gasteiger partial charge in [0.15, 0.2) is 0 Å². The van der Waals surface area contributed by atoms with E-state index in [1.165, 1.54) is 18.3 Å². The lowest BCUT2D eigenvalue weighted by Crippen LogP contribution is -2.30. The van der Waals surface area contributed by atoms with Gasteiger partial charge in [-0.15, -0.1) is 13.2 Å². The molecule has 0 spiro atoms. The summed E-state index contributed by atoms with van der Waals surface area (Å²) < 4.78 is 40.8. The average Bonchev–Trinajstić information content (AvgIpc) is 3.29. The maximum atomic E-state index is 12.8. The Morgan fingerprint density at radius 1 is 1.18 bits per heavy atom. The molecule has 0 radical (unpaired) electrons. The van der Waals surface area contributed by atoms with E-state index in [-0.39, 0.29) is 5.75 Å². The molecule has 1 aliphatic rings. The Kier molecular flexibility index (Phi) is 6.45.